The molecule has 6 nitrogen and oxygen atoms in total. The van der Waals surface area contributed by atoms with Crippen LogP contribution in [0, 0.1) is 6.92 Å². The summed E-state index contributed by atoms with van der Waals surface area (Å²) < 4.78 is 0. The Balaban J connectivity index is 1.57. The van der Waals surface area contributed by atoms with Crippen LogP contribution in [-0.2, 0) is 0 Å². The van der Waals surface area contributed by atoms with Crippen molar-refractivity contribution in [3.05, 3.63) is 42.1 Å². The molecule has 0 unspecified atom stereocenters. The van der Waals surface area contributed by atoms with Crippen LogP contribution in [0.2, 0.25) is 0 Å². The SMILES string of the molecule is Cc1cccc(N2CCN(c3ccnc(NCCN(C)C)n3)CC2)c1. The number of aromatic nitrogens is 2. The molecule has 6 heteroatoms. The summed E-state index contributed by atoms with van der Waals surface area (Å²) in [5.41, 5.74) is 2.62. The van der Waals surface area contributed by atoms with Crippen molar-refractivity contribution in [2.75, 3.05) is 68.5 Å². The molecule has 0 saturated carbocycles. The van der Waals surface area contributed by atoms with Crippen molar-refractivity contribution < 1.29 is 0 Å². The van der Waals surface area contributed by atoms with Crippen molar-refractivity contribution in [1.82, 2.24) is 14.9 Å². The fraction of sp³-hybridized carbons (Fsp3) is 0.474. The highest BCUT2D eigenvalue weighted by atomic mass is 15.3. The zero-order chi connectivity index (χ0) is 17.6. The van der Waals surface area contributed by atoms with Crippen LogP contribution in [0.5, 0.6) is 0 Å². The van der Waals surface area contributed by atoms with Crippen LogP contribution in [0.4, 0.5) is 17.5 Å². The van der Waals surface area contributed by atoms with Crippen molar-refractivity contribution in [1.29, 1.82) is 0 Å². The van der Waals surface area contributed by atoms with Gasteiger partial charge in [0.2, 0.25) is 5.95 Å². The second-order valence-corrected chi connectivity index (χ2v) is 6.78. The lowest BCUT2D eigenvalue weighted by molar-refractivity contribution is 0.425. The lowest BCUT2D eigenvalue weighted by Crippen LogP contribution is -2.46. The molecule has 0 bridgehead atoms. The predicted octanol–water partition coefficient (Wildman–Crippen LogP) is 2.09. The largest absolute Gasteiger partial charge is 0.368 e. The van der Waals surface area contributed by atoms with Gasteiger partial charge in [-0.2, -0.15) is 4.98 Å². The zero-order valence-corrected chi connectivity index (χ0v) is 15.4. The molecule has 2 heterocycles. The quantitative estimate of drug-likeness (QED) is 0.869. The number of nitrogens with one attached hydrogen (secondary N) is 1. The van der Waals surface area contributed by atoms with Crippen molar-refractivity contribution in [2.24, 2.45) is 0 Å². The van der Waals surface area contributed by atoms with Gasteiger partial charge >= 0.3 is 0 Å². The van der Waals surface area contributed by atoms with Crippen LogP contribution in [0.25, 0.3) is 0 Å². The minimum atomic E-state index is 0.709. The van der Waals surface area contributed by atoms with Gasteiger partial charge in [0.25, 0.3) is 0 Å². The first-order valence-electron chi connectivity index (χ1n) is 8.90. The summed E-state index contributed by atoms with van der Waals surface area (Å²) in [5.74, 6) is 1.71. The molecule has 1 aromatic heterocycles. The van der Waals surface area contributed by atoms with Gasteiger partial charge in [0.05, 0.1) is 0 Å². The number of anilines is 3. The summed E-state index contributed by atoms with van der Waals surface area (Å²) in [4.78, 5) is 15.9. The normalized spacial score (nSPS) is 14.9. The van der Waals surface area contributed by atoms with Crippen LogP contribution < -0.4 is 15.1 Å². The number of benzene rings is 1. The fourth-order valence-corrected chi connectivity index (χ4v) is 3.02. The molecule has 1 aliphatic rings. The Bertz CT molecular complexity index is 679. The number of aryl methyl sites for hydroxylation is 1. The van der Waals surface area contributed by atoms with Crippen molar-refractivity contribution in [3.8, 4) is 0 Å². The lowest BCUT2D eigenvalue weighted by Gasteiger charge is -2.36. The minimum absolute atomic E-state index is 0.709. The first-order chi connectivity index (χ1) is 12.1. The molecule has 25 heavy (non-hydrogen) atoms. The first kappa shape index (κ1) is 17.5. The van der Waals surface area contributed by atoms with E-state index in [2.05, 4.69) is 75.3 Å². The molecule has 1 aliphatic heterocycles. The maximum Gasteiger partial charge on any atom is 0.224 e. The second-order valence-electron chi connectivity index (χ2n) is 6.78. The zero-order valence-electron chi connectivity index (χ0n) is 15.4. The third-order valence-corrected chi connectivity index (χ3v) is 4.45. The average Bonchev–Trinajstić information content (AvgIpc) is 2.62. The number of rotatable bonds is 6. The van der Waals surface area contributed by atoms with Crippen LogP contribution >= 0.6 is 0 Å². The van der Waals surface area contributed by atoms with E-state index in [9.17, 15) is 0 Å². The number of hydrogen-bond donors (Lipinski definition) is 1. The van der Waals surface area contributed by atoms with Gasteiger partial charge in [-0.1, -0.05) is 12.1 Å². The van der Waals surface area contributed by atoms with Gasteiger partial charge < -0.3 is 20.0 Å². The number of likely N-dealkylation sites (N-methyl/N-ethyl adjacent to an activating group) is 1. The van der Waals surface area contributed by atoms with Gasteiger partial charge in [-0.15, -0.1) is 0 Å². The summed E-state index contributed by atoms with van der Waals surface area (Å²) in [6, 6.07) is 10.7. The summed E-state index contributed by atoms with van der Waals surface area (Å²) in [6.07, 6.45) is 1.84. The standard InChI is InChI=1S/C19H28N6/c1-16-5-4-6-17(15-16)24-11-13-25(14-12-24)18-7-8-20-19(22-18)21-9-10-23(2)3/h4-8,15H,9-14H2,1-3H3,(H,20,21,22). The van der Waals surface area contributed by atoms with Gasteiger partial charge in [-0.25, -0.2) is 4.98 Å². The van der Waals surface area contributed by atoms with Gasteiger partial charge in [0, 0.05) is 51.2 Å². The Morgan fingerprint density at radius 1 is 1.08 bits per heavy atom. The van der Waals surface area contributed by atoms with E-state index in [0.717, 1.165) is 45.1 Å². The fourth-order valence-electron chi connectivity index (χ4n) is 3.02. The molecular formula is C19H28N6. The third kappa shape index (κ3) is 4.82. The molecule has 1 N–H and O–H groups in total. The summed E-state index contributed by atoms with van der Waals surface area (Å²) in [6.45, 7) is 7.92. The number of nitrogens with zero attached hydrogens (tertiary/aromatic N) is 5. The van der Waals surface area contributed by atoms with E-state index >= 15 is 0 Å². The second kappa shape index (κ2) is 8.16. The van der Waals surface area contributed by atoms with Gasteiger partial charge in [0.15, 0.2) is 0 Å². The summed E-state index contributed by atoms with van der Waals surface area (Å²) >= 11 is 0. The topological polar surface area (TPSA) is 47.5 Å². The van der Waals surface area contributed by atoms with E-state index in [4.69, 9.17) is 0 Å². The van der Waals surface area contributed by atoms with Crippen molar-refractivity contribution >= 4 is 17.5 Å². The molecule has 0 spiro atoms. The van der Waals surface area contributed by atoms with Gasteiger partial charge in [0.1, 0.15) is 5.82 Å². The third-order valence-electron chi connectivity index (χ3n) is 4.45. The summed E-state index contributed by atoms with van der Waals surface area (Å²) in [5, 5.41) is 3.30. The molecule has 134 valence electrons. The minimum Gasteiger partial charge on any atom is -0.368 e. The Hall–Kier alpha value is -2.34. The summed E-state index contributed by atoms with van der Waals surface area (Å²) in [7, 11) is 4.12. The van der Waals surface area contributed by atoms with Crippen molar-refractivity contribution in [2.45, 2.75) is 6.92 Å². The van der Waals surface area contributed by atoms with E-state index in [0.29, 0.717) is 5.95 Å². The molecule has 0 atom stereocenters. The van der Waals surface area contributed by atoms with Gasteiger partial charge in [-0.3, -0.25) is 0 Å². The Kier molecular flexibility index (Phi) is 5.71. The Morgan fingerprint density at radius 3 is 2.56 bits per heavy atom. The molecule has 0 radical (unpaired) electrons. The maximum atomic E-state index is 4.67. The van der Waals surface area contributed by atoms with E-state index in [1.807, 2.05) is 12.3 Å². The predicted molar refractivity (Wildman–Crippen MR) is 105 cm³/mol. The Morgan fingerprint density at radius 2 is 1.84 bits per heavy atom. The molecule has 3 rings (SSSR count). The Labute approximate surface area is 150 Å². The average molecular weight is 340 g/mol. The molecule has 0 aliphatic carbocycles. The highest BCUT2D eigenvalue weighted by Crippen LogP contribution is 2.20. The van der Waals surface area contributed by atoms with Crippen molar-refractivity contribution in [3.63, 3.8) is 0 Å². The first-order valence-corrected chi connectivity index (χ1v) is 8.90. The number of hydrogen-bond acceptors (Lipinski definition) is 6. The molecule has 1 aromatic carbocycles. The van der Waals surface area contributed by atoms with Crippen LogP contribution in [0.1, 0.15) is 5.56 Å². The van der Waals surface area contributed by atoms with E-state index in [1.165, 1.54) is 11.3 Å². The molecule has 0 amide bonds. The molecule has 1 fully saturated rings. The van der Waals surface area contributed by atoms with Crippen LogP contribution in [0.15, 0.2) is 36.5 Å². The van der Waals surface area contributed by atoms with Crippen LogP contribution in [-0.4, -0.2) is 68.2 Å². The number of piperazine rings is 1. The monoisotopic (exact) mass is 340 g/mol. The van der Waals surface area contributed by atoms with E-state index in [1.54, 1.807) is 0 Å². The van der Waals surface area contributed by atoms with E-state index < -0.39 is 0 Å². The highest BCUT2D eigenvalue weighted by molar-refractivity contribution is 5.51. The smallest absolute Gasteiger partial charge is 0.224 e. The molecular weight excluding hydrogens is 312 g/mol. The lowest BCUT2D eigenvalue weighted by atomic mass is 10.2. The van der Waals surface area contributed by atoms with Gasteiger partial charge in [-0.05, 0) is 44.8 Å². The highest BCUT2D eigenvalue weighted by Gasteiger charge is 2.18. The molecule has 1 saturated heterocycles. The maximum absolute atomic E-state index is 4.67. The molecule has 2 aromatic rings. The van der Waals surface area contributed by atoms with Crippen LogP contribution in [0.3, 0.4) is 0 Å². The van der Waals surface area contributed by atoms with E-state index in [-0.39, 0.29) is 0 Å².